The number of carbonyl (C=O) groups excluding carboxylic acids is 1. The molecule has 2 heterocycles. The summed E-state index contributed by atoms with van der Waals surface area (Å²) in [5.41, 5.74) is 3.69. The second-order valence-corrected chi connectivity index (χ2v) is 6.90. The highest BCUT2D eigenvalue weighted by molar-refractivity contribution is 5.79. The molecule has 2 aromatic rings. The molecule has 1 fully saturated rings. The summed E-state index contributed by atoms with van der Waals surface area (Å²) in [6, 6.07) is 10.6. The standard InChI is InChI=1S/C19H23N3O/c23-19(16-6-7-17-18(11-16)21-13-20-17)22-9-8-15(12-22)10-14-4-2-1-3-5-14/h1-5,13,15-16H,6-12H2,(H,20,21). The first kappa shape index (κ1) is 14.5. The molecule has 0 spiro atoms. The van der Waals surface area contributed by atoms with Crippen molar-refractivity contribution in [3.63, 3.8) is 0 Å². The third-order valence-corrected chi connectivity index (χ3v) is 5.30. The van der Waals surface area contributed by atoms with Gasteiger partial charge in [-0.05, 0) is 37.2 Å². The maximum atomic E-state index is 12.8. The number of nitrogens with one attached hydrogen (secondary N) is 1. The second kappa shape index (κ2) is 6.19. The summed E-state index contributed by atoms with van der Waals surface area (Å²) in [5, 5.41) is 0. The molecule has 0 bridgehead atoms. The SMILES string of the molecule is O=C(C1CCc2nc[nH]c2C1)N1CCC(Cc2ccccc2)C1. The van der Waals surface area contributed by atoms with Crippen LogP contribution >= 0.6 is 0 Å². The number of aromatic amines is 1. The Balaban J connectivity index is 1.35. The van der Waals surface area contributed by atoms with Crippen LogP contribution in [0.25, 0.3) is 0 Å². The van der Waals surface area contributed by atoms with E-state index >= 15 is 0 Å². The van der Waals surface area contributed by atoms with Crippen molar-refractivity contribution in [2.24, 2.45) is 11.8 Å². The van der Waals surface area contributed by atoms with Gasteiger partial charge in [-0.15, -0.1) is 0 Å². The number of carbonyl (C=O) groups is 1. The van der Waals surface area contributed by atoms with E-state index in [1.54, 1.807) is 6.33 Å². The van der Waals surface area contributed by atoms with Crippen molar-refractivity contribution in [3.05, 3.63) is 53.6 Å². The van der Waals surface area contributed by atoms with Crippen molar-refractivity contribution in [1.29, 1.82) is 0 Å². The number of hydrogen-bond acceptors (Lipinski definition) is 2. The lowest BCUT2D eigenvalue weighted by molar-refractivity contribution is -0.135. The van der Waals surface area contributed by atoms with E-state index in [1.807, 2.05) is 0 Å². The summed E-state index contributed by atoms with van der Waals surface area (Å²) in [4.78, 5) is 22.4. The van der Waals surface area contributed by atoms with E-state index in [9.17, 15) is 4.79 Å². The molecule has 1 aliphatic heterocycles. The van der Waals surface area contributed by atoms with Crippen molar-refractivity contribution in [2.45, 2.75) is 32.1 Å². The van der Waals surface area contributed by atoms with Crippen LogP contribution in [0.5, 0.6) is 0 Å². The number of amides is 1. The van der Waals surface area contributed by atoms with Crippen LogP contribution in [-0.2, 0) is 24.1 Å². The average Bonchev–Trinajstić information content (AvgIpc) is 3.23. The number of nitrogens with zero attached hydrogens (tertiary/aromatic N) is 2. The molecule has 23 heavy (non-hydrogen) atoms. The highest BCUT2D eigenvalue weighted by atomic mass is 16.2. The molecule has 2 unspecified atom stereocenters. The van der Waals surface area contributed by atoms with Crippen LogP contribution in [0.4, 0.5) is 0 Å². The minimum absolute atomic E-state index is 0.137. The Morgan fingerprint density at radius 3 is 3.00 bits per heavy atom. The molecular weight excluding hydrogens is 286 g/mol. The molecule has 1 amide bonds. The molecule has 120 valence electrons. The number of aryl methyl sites for hydroxylation is 1. The van der Waals surface area contributed by atoms with Gasteiger partial charge in [-0.1, -0.05) is 30.3 Å². The topological polar surface area (TPSA) is 49.0 Å². The van der Waals surface area contributed by atoms with Crippen molar-refractivity contribution in [1.82, 2.24) is 14.9 Å². The second-order valence-electron chi connectivity index (χ2n) is 6.90. The zero-order valence-electron chi connectivity index (χ0n) is 13.4. The van der Waals surface area contributed by atoms with Gasteiger partial charge in [0.1, 0.15) is 0 Å². The fraction of sp³-hybridized carbons (Fsp3) is 0.474. The normalized spacial score (nSPS) is 23.7. The monoisotopic (exact) mass is 309 g/mol. The molecule has 1 N–H and O–H groups in total. The molecule has 4 nitrogen and oxygen atoms in total. The Hall–Kier alpha value is -2.10. The minimum atomic E-state index is 0.137. The Morgan fingerprint density at radius 2 is 2.13 bits per heavy atom. The molecule has 1 aliphatic carbocycles. The zero-order valence-corrected chi connectivity index (χ0v) is 13.4. The maximum Gasteiger partial charge on any atom is 0.226 e. The number of imidazole rings is 1. The smallest absolute Gasteiger partial charge is 0.226 e. The third kappa shape index (κ3) is 3.03. The van der Waals surface area contributed by atoms with Gasteiger partial charge in [-0.3, -0.25) is 4.79 Å². The predicted octanol–water partition coefficient (Wildman–Crippen LogP) is 2.61. The largest absolute Gasteiger partial charge is 0.348 e. The molecule has 4 rings (SSSR count). The number of fused-ring (bicyclic) bond motifs is 1. The van der Waals surface area contributed by atoms with E-state index in [4.69, 9.17) is 0 Å². The van der Waals surface area contributed by atoms with Gasteiger partial charge in [0, 0.05) is 31.1 Å². The van der Waals surface area contributed by atoms with Crippen molar-refractivity contribution < 1.29 is 4.79 Å². The van der Waals surface area contributed by atoms with Crippen LogP contribution in [0.2, 0.25) is 0 Å². The number of rotatable bonds is 3. The fourth-order valence-electron chi connectivity index (χ4n) is 4.02. The maximum absolute atomic E-state index is 12.8. The molecule has 1 aromatic heterocycles. The Labute approximate surface area is 136 Å². The van der Waals surface area contributed by atoms with E-state index in [0.29, 0.717) is 11.8 Å². The van der Waals surface area contributed by atoms with E-state index < -0.39 is 0 Å². The van der Waals surface area contributed by atoms with Crippen LogP contribution in [0.3, 0.4) is 0 Å². The van der Waals surface area contributed by atoms with Crippen LogP contribution < -0.4 is 0 Å². The summed E-state index contributed by atoms with van der Waals surface area (Å²) in [5.74, 6) is 1.09. The highest BCUT2D eigenvalue weighted by Crippen LogP contribution is 2.28. The van der Waals surface area contributed by atoms with Gasteiger partial charge in [-0.25, -0.2) is 4.98 Å². The first-order valence-corrected chi connectivity index (χ1v) is 8.63. The van der Waals surface area contributed by atoms with Crippen LogP contribution in [-0.4, -0.2) is 33.9 Å². The summed E-state index contributed by atoms with van der Waals surface area (Å²) in [6.45, 7) is 1.84. The molecule has 4 heteroatoms. The van der Waals surface area contributed by atoms with Crippen LogP contribution in [0.1, 0.15) is 29.8 Å². The Bertz CT molecular complexity index is 679. The van der Waals surface area contributed by atoms with Gasteiger partial charge in [0.05, 0.1) is 12.0 Å². The Kier molecular flexibility index (Phi) is 3.90. The van der Waals surface area contributed by atoms with Gasteiger partial charge in [0.2, 0.25) is 5.91 Å². The van der Waals surface area contributed by atoms with Gasteiger partial charge >= 0.3 is 0 Å². The number of H-pyrrole nitrogens is 1. The van der Waals surface area contributed by atoms with Crippen LogP contribution in [0.15, 0.2) is 36.7 Å². The lowest BCUT2D eigenvalue weighted by Crippen LogP contribution is -2.37. The molecule has 0 saturated carbocycles. The zero-order chi connectivity index (χ0) is 15.6. The lowest BCUT2D eigenvalue weighted by atomic mass is 9.89. The Morgan fingerprint density at radius 1 is 1.26 bits per heavy atom. The van der Waals surface area contributed by atoms with E-state index in [2.05, 4.69) is 45.2 Å². The first-order valence-electron chi connectivity index (χ1n) is 8.63. The highest BCUT2D eigenvalue weighted by Gasteiger charge is 2.33. The van der Waals surface area contributed by atoms with Crippen molar-refractivity contribution >= 4 is 5.91 Å². The number of aromatic nitrogens is 2. The third-order valence-electron chi connectivity index (χ3n) is 5.30. The molecular formula is C19H23N3O. The predicted molar refractivity (Wildman–Crippen MR) is 88.9 cm³/mol. The van der Waals surface area contributed by atoms with Gasteiger partial charge < -0.3 is 9.88 Å². The average molecular weight is 309 g/mol. The molecule has 1 aromatic carbocycles. The molecule has 1 saturated heterocycles. The van der Waals surface area contributed by atoms with E-state index in [0.717, 1.165) is 56.6 Å². The first-order chi connectivity index (χ1) is 11.3. The molecule has 2 aliphatic rings. The summed E-state index contributed by atoms with van der Waals surface area (Å²) >= 11 is 0. The lowest BCUT2D eigenvalue weighted by Gasteiger charge is -2.26. The summed E-state index contributed by atoms with van der Waals surface area (Å²) < 4.78 is 0. The number of likely N-dealkylation sites (tertiary alicyclic amines) is 1. The van der Waals surface area contributed by atoms with Crippen LogP contribution in [0, 0.1) is 11.8 Å². The fourth-order valence-corrected chi connectivity index (χ4v) is 4.02. The number of hydrogen-bond donors (Lipinski definition) is 1. The quantitative estimate of drug-likeness (QED) is 0.947. The van der Waals surface area contributed by atoms with Gasteiger partial charge in [-0.2, -0.15) is 0 Å². The van der Waals surface area contributed by atoms with E-state index in [-0.39, 0.29) is 5.92 Å². The molecule has 0 radical (unpaired) electrons. The van der Waals surface area contributed by atoms with Gasteiger partial charge in [0.25, 0.3) is 0 Å². The number of benzene rings is 1. The minimum Gasteiger partial charge on any atom is -0.348 e. The van der Waals surface area contributed by atoms with Gasteiger partial charge in [0.15, 0.2) is 0 Å². The summed E-state index contributed by atoms with van der Waals surface area (Å²) in [7, 11) is 0. The van der Waals surface area contributed by atoms with Crippen molar-refractivity contribution in [3.8, 4) is 0 Å². The van der Waals surface area contributed by atoms with Crippen molar-refractivity contribution in [2.75, 3.05) is 13.1 Å². The molecule has 2 atom stereocenters. The summed E-state index contributed by atoms with van der Waals surface area (Å²) in [6.07, 6.45) is 6.66. The van der Waals surface area contributed by atoms with E-state index in [1.165, 1.54) is 5.56 Å².